The Bertz CT molecular complexity index is 713. The third-order valence-electron chi connectivity index (χ3n) is 7.54. The minimum atomic E-state index is -4.28. The Labute approximate surface area is 259 Å². The predicted molar refractivity (Wildman–Crippen MR) is 175 cm³/mol. The highest BCUT2D eigenvalue weighted by Crippen LogP contribution is 2.43. The number of aliphatic hydroxyl groups is 1. The standard InChI is InChI=1S/C33H67N2O6P/c1-6-7-8-9-10-11-12-13-14-15-16-17-18-19-20-21-22-23-24-25-26-27-33(37)32(34-31(2)36)30-41-42(38,39)40-29-28-35(3,4)5/h26-27,32-33,37H,6-25,28-30H2,1-5H3,(H-,34,36,38,39)/p+1/b27-26+. The minimum absolute atomic E-state index is 0.0595. The van der Waals surface area contributed by atoms with E-state index in [1.165, 1.54) is 116 Å². The predicted octanol–water partition coefficient (Wildman–Crippen LogP) is 8.07. The van der Waals surface area contributed by atoms with E-state index in [1.54, 1.807) is 6.08 Å². The number of unbranched alkanes of at least 4 members (excludes halogenated alkanes) is 19. The zero-order valence-corrected chi connectivity index (χ0v) is 28.9. The number of quaternary nitrogens is 1. The van der Waals surface area contributed by atoms with E-state index in [9.17, 15) is 19.4 Å². The van der Waals surface area contributed by atoms with Crippen LogP contribution < -0.4 is 5.32 Å². The van der Waals surface area contributed by atoms with Crippen molar-refractivity contribution in [3.05, 3.63) is 12.2 Å². The van der Waals surface area contributed by atoms with Gasteiger partial charge in [0, 0.05) is 6.92 Å². The van der Waals surface area contributed by atoms with Crippen LogP contribution in [0.4, 0.5) is 0 Å². The van der Waals surface area contributed by atoms with Crippen LogP contribution in [-0.2, 0) is 18.4 Å². The molecule has 0 bridgehead atoms. The maximum Gasteiger partial charge on any atom is 0.472 e. The largest absolute Gasteiger partial charge is 0.472 e. The third kappa shape index (κ3) is 29.3. The molecule has 3 N–H and O–H groups in total. The highest BCUT2D eigenvalue weighted by Gasteiger charge is 2.27. The number of amides is 1. The molecule has 0 aromatic rings. The number of allylic oxidation sites excluding steroid dienone is 1. The van der Waals surface area contributed by atoms with Gasteiger partial charge in [-0.15, -0.1) is 0 Å². The van der Waals surface area contributed by atoms with Gasteiger partial charge in [0.05, 0.1) is 39.9 Å². The quantitative estimate of drug-likeness (QED) is 0.0325. The van der Waals surface area contributed by atoms with Gasteiger partial charge in [-0.3, -0.25) is 13.8 Å². The molecule has 0 aliphatic carbocycles. The van der Waals surface area contributed by atoms with Gasteiger partial charge in [-0.25, -0.2) is 4.57 Å². The van der Waals surface area contributed by atoms with Gasteiger partial charge in [-0.1, -0.05) is 135 Å². The first-order chi connectivity index (χ1) is 20.0. The first-order valence-corrected chi connectivity index (χ1v) is 18.5. The summed E-state index contributed by atoms with van der Waals surface area (Å²) in [5.41, 5.74) is 0. The number of nitrogens with one attached hydrogen (secondary N) is 1. The topological polar surface area (TPSA) is 105 Å². The molecule has 0 rings (SSSR count). The molecule has 0 aromatic carbocycles. The van der Waals surface area contributed by atoms with Crippen LogP contribution >= 0.6 is 7.82 Å². The van der Waals surface area contributed by atoms with Crippen LogP contribution in [-0.4, -0.2) is 73.4 Å². The van der Waals surface area contributed by atoms with E-state index >= 15 is 0 Å². The smallest absolute Gasteiger partial charge is 0.387 e. The van der Waals surface area contributed by atoms with Gasteiger partial charge in [0.1, 0.15) is 13.2 Å². The minimum Gasteiger partial charge on any atom is -0.387 e. The monoisotopic (exact) mass is 619 g/mol. The SMILES string of the molecule is CCCCCCCCCCCCCCCCCCCCC/C=C/C(O)C(COP(=O)(O)OCC[N+](C)(C)C)NC(C)=O. The first-order valence-electron chi connectivity index (χ1n) is 17.0. The second kappa shape index (κ2) is 26.6. The van der Waals surface area contributed by atoms with Crippen LogP contribution in [0, 0.1) is 0 Å². The molecule has 250 valence electrons. The fourth-order valence-corrected chi connectivity index (χ4v) is 5.57. The van der Waals surface area contributed by atoms with E-state index < -0.39 is 20.0 Å². The number of phosphoric ester groups is 1. The molecule has 8 nitrogen and oxygen atoms in total. The average molecular weight is 620 g/mol. The maximum absolute atomic E-state index is 12.2. The van der Waals surface area contributed by atoms with Crippen molar-refractivity contribution in [3.63, 3.8) is 0 Å². The molecule has 0 aliphatic rings. The van der Waals surface area contributed by atoms with E-state index in [4.69, 9.17) is 9.05 Å². The van der Waals surface area contributed by atoms with Gasteiger partial charge in [0.2, 0.25) is 5.91 Å². The molecular formula is C33H68N2O6P+. The van der Waals surface area contributed by atoms with E-state index in [0.717, 1.165) is 19.3 Å². The maximum atomic E-state index is 12.2. The zero-order valence-electron chi connectivity index (χ0n) is 28.0. The molecule has 0 radical (unpaired) electrons. The number of carbonyl (C=O) groups excluding carboxylic acids is 1. The number of carbonyl (C=O) groups is 1. The summed E-state index contributed by atoms with van der Waals surface area (Å²) >= 11 is 0. The van der Waals surface area contributed by atoms with E-state index in [-0.39, 0.29) is 19.1 Å². The zero-order chi connectivity index (χ0) is 31.5. The van der Waals surface area contributed by atoms with Crippen molar-refractivity contribution in [1.29, 1.82) is 0 Å². The second-order valence-corrected chi connectivity index (χ2v) is 14.4. The summed E-state index contributed by atoms with van der Waals surface area (Å²) in [6.07, 6.45) is 29.0. The van der Waals surface area contributed by atoms with Crippen molar-refractivity contribution in [1.82, 2.24) is 5.32 Å². The Balaban J connectivity index is 3.82. The van der Waals surface area contributed by atoms with Gasteiger partial charge >= 0.3 is 7.82 Å². The number of likely N-dealkylation sites (N-methyl/N-ethyl adjacent to an activating group) is 1. The normalized spacial score (nSPS) is 15.1. The van der Waals surface area contributed by atoms with Crippen LogP contribution in [0.5, 0.6) is 0 Å². The molecule has 1 amide bonds. The van der Waals surface area contributed by atoms with E-state index in [2.05, 4.69) is 12.2 Å². The number of phosphoric acid groups is 1. The fourth-order valence-electron chi connectivity index (χ4n) is 4.84. The Kier molecular flexibility index (Phi) is 26.1. The van der Waals surface area contributed by atoms with Crippen molar-refractivity contribution in [2.24, 2.45) is 0 Å². The van der Waals surface area contributed by atoms with E-state index in [0.29, 0.717) is 11.0 Å². The molecule has 0 saturated heterocycles. The summed E-state index contributed by atoms with van der Waals surface area (Å²) in [6, 6.07) is -0.841. The molecule has 0 saturated carbocycles. The molecule has 0 fully saturated rings. The van der Waals surface area contributed by atoms with Crippen molar-refractivity contribution in [2.45, 2.75) is 154 Å². The summed E-state index contributed by atoms with van der Waals surface area (Å²) < 4.78 is 22.8. The van der Waals surface area contributed by atoms with Crippen LogP contribution in [0.15, 0.2) is 12.2 Å². The van der Waals surface area contributed by atoms with Gasteiger partial charge < -0.3 is 19.8 Å². The Hall–Kier alpha value is -0.760. The number of rotatable bonds is 30. The number of aliphatic hydroxyl groups excluding tert-OH is 1. The average Bonchev–Trinajstić information content (AvgIpc) is 2.90. The first kappa shape index (κ1) is 41.2. The fraction of sp³-hybridized carbons (Fsp3) is 0.909. The molecule has 42 heavy (non-hydrogen) atoms. The Morgan fingerprint density at radius 3 is 1.62 bits per heavy atom. The van der Waals surface area contributed by atoms with Crippen molar-refractivity contribution in [3.8, 4) is 0 Å². The molecule has 9 heteroatoms. The number of nitrogens with zero attached hydrogens (tertiary/aromatic N) is 1. The molecule has 0 spiro atoms. The lowest BCUT2D eigenvalue weighted by atomic mass is 10.0. The number of hydrogen-bond acceptors (Lipinski definition) is 5. The summed E-state index contributed by atoms with van der Waals surface area (Å²) in [4.78, 5) is 21.5. The van der Waals surface area contributed by atoms with Gasteiger partial charge in [0.15, 0.2) is 0 Å². The highest BCUT2D eigenvalue weighted by atomic mass is 31.2. The lowest BCUT2D eigenvalue weighted by Crippen LogP contribution is -2.44. The summed E-state index contributed by atoms with van der Waals surface area (Å²) in [5.74, 6) is -0.353. The second-order valence-electron chi connectivity index (χ2n) is 13.0. The lowest BCUT2D eigenvalue weighted by Gasteiger charge is -2.25. The molecule has 0 aliphatic heterocycles. The van der Waals surface area contributed by atoms with Crippen molar-refractivity contribution in [2.75, 3.05) is 40.9 Å². The van der Waals surface area contributed by atoms with E-state index in [1.807, 2.05) is 27.2 Å². The Morgan fingerprint density at radius 1 is 0.786 bits per heavy atom. The summed E-state index contributed by atoms with van der Waals surface area (Å²) in [6.45, 7) is 3.87. The molecule has 3 atom stereocenters. The molecule has 3 unspecified atom stereocenters. The van der Waals surface area contributed by atoms with Crippen LogP contribution in [0.2, 0.25) is 0 Å². The Morgan fingerprint density at radius 2 is 1.21 bits per heavy atom. The van der Waals surface area contributed by atoms with Crippen LogP contribution in [0.3, 0.4) is 0 Å². The van der Waals surface area contributed by atoms with Crippen LogP contribution in [0.1, 0.15) is 142 Å². The summed E-state index contributed by atoms with van der Waals surface area (Å²) in [5, 5.41) is 13.1. The lowest BCUT2D eigenvalue weighted by molar-refractivity contribution is -0.870. The molecule has 0 aromatic heterocycles. The molecule has 0 heterocycles. The van der Waals surface area contributed by atoms with Gasteiger partial charge in [-0.2, -0.15) is 0 Å². The van der Waals surface area contributed by atoms with Crippen LogP contribution in [0.25, 0.3) is 0 Å². The van der Waals surface area contributed by atoms with Gasteiger partial charge in [-0.05, 0) is 12.8 Å². The third-order valence-corrected chi connectivity index (χ3v) is 8.53. The number of hydrogen-bond donors (Lipinski definition) is 3. The van der Waals surface area contributed by atoms with Gasteiger partial charge in [0.25, 0.3) is 0 Å². The highest BCUT2D eigenvalue weighted by molar-refractivity contribution is 7.47. The summed E-state index contributed by atoms with van der Waals surface area (Å²) in [7, 11) is 1.56. The molecular weight excluding hydrogens is 551 g/mol. The van der Waals surface area contributed by atoms with Crippen molar-refractivity contribution >= 4 is 13.7 Å². The van der Waals surface area contributed by atoms with Crippen molar-refractivity contribution < 1.29 is 32.9 Å².